The summed E-state index contributed by atoms with van der Waals surface area (Å²) in [6, 6.07) is 17.4. The number of hydrogen-bond acceptors (Lipinski definition) is 6. The number of hydrogen-bond donors (Lipinski definition) is 1. The van der Waals surface area contributed by atoms with Crippen LogP contribution < -0.4 is 9.80 Å². The Bertz CT molecular complexity index is 1350. The Labute approximate surface area is 187 Å². The Morgan fingerprint density at radius 3 is 2.28 bits per heavy atom. The number of piperazine rings is 1. The van der Waals surface area contributed by atoms with Crippen molar-refractivity contribution in [2.24, 2.45) is 0 Å². The fraction of sp³-hybridized carbons (Fsp3) is 0.250. The number of aromatic amines is 1. The first-order valence-corrected chi connectivity index (χ1v) is 12.5. The van der Waals surface area contributed by atoms with E-state index in [9.17, 15) is 8.42 Å². The van der Waals surface area contributed by atoms with Crippen molar-refractivity contribution in [3.05, 3.63) is 66.4 Å². The highest BCUT2D eigenvalue weighted by Crippen LogP contribution is 2.24. The standard InChI is InChI=1S/C24H25N5O2S/c1-17-3-9-21-22(15-17)27-24(26-21)18-4-10-23(25-16-18)29-13-11-28(12-14-29)19-5-7-20(8-6-19)32(2,30)31/h3-10,15-16H,11-14H2,1-2H3,(H,26,27). The number of rotatable bonds is 4. The Kier molecular flexibility index (Phi) is 5.09. The van der Waals surface area contributed by atoms with Crippen molar-refractivity contribution in [3.8, 4) is 11.4 Å². The second-order valence-electron chi connectivity index (χ2n) is 8.25. The summed E-state index contributed by atoms with van der Waals surface area (Å²) < 4.78 is 23.3. The van der Waals surface area contributed by atoms with E-state index in [1.165, 1.54) is 11.8 Å². The average molecular weight is 448 g/mol. The number of nitrogens with zero attached hydrogens (tertiary/aromatic N) is 4. The van der Waals surface area contributed by atoms with Crippen LogP contribution in [0.3, 0.4) is 0 Å². The first kappa shape index (κ1) is 20.5. The Balaban J connectivity index is 1.25. The molecule has 8 heteroatoms. The van der Waals surface area contributed by atoms with Gasteiger partial charge in [-0.1, -0.05) is 6.07 Å². The van der Waals surface area contributed by atoms with Crippen LogP contribution in [0.1, 0.15) is 5.56 Å². The van der Waals surface area contributed by atoms with Gasteiger partial charge in [-0.2, -0.15) is 0 Å². The molecular formula is C24H25N5O2S. The minimum absolute atomic E-state index is 0.351. The van der Waals surface area contributed by atoms with Gasteiger partial charge in [0.2, 0.25) is 0 Å². The molecule has 1 fully saturated rings. The minimum Gasteiger partial charge on any atom is -0.368 e. The van der Waals surface area contributed by atoms with Crippen LogP contribution in [0, 0.1) is 6.92 Å². The predicted octanol–water partition coefficient (Wildman–Crippen LogP) is 3.66. The van der Waals surface area contributed by atoms with E-state index < -0.39 is 9.84 Å². The molecule has 3 heterocycles. The van der Waals surface area contributed by atoms with Crippen LogP contribution in [0.4, 0.5) is 11.5 Å². The zero-order valence-corrected chi connectivity index (χ0v) is 18.9. The first-order chi connectivity index (χ1) is 15.4. The molecule has 2 aromatic carbocycles. The van der Waals surface area contributed by atoms with E-state index in [0.717, 1.165) is 60.1 Å². The molecule has 2 aromatic heterocycles. The third-order valence-electron chi connectivity index (χ3n) is 5.89. The monoisotopic (exact) mass is 447 g/mol. The molecule has 1 aliphatic rings. The first-order valence-electron chi connectivity index (χ1n) is 10.6. The minimum atomic E-state index is -3.17. The van der Waals surface area contributed by atoms with Crippen LogP contribution in [0.15, 0.2) is 65.7 Å². The van der Waals surface area contributed by atoms with Gasteiger partial charge < -0.3 is 14.8 Å². The summed E-state index contributed by atoms with van der Waals surface area (Å²) in [6.07, 6.45) is 3.10. The van der Waals surface area contributed by atoms with E-state index in [4.69, 9.17) is 0 Å². The van der Waals surface area contributed by atoms with Crippen LogP contribution in [0.2, 0.25) is 0 Å². The maximum Gasteiger partial charge on any atom is 0.175 e. The Hall–Kier alpha value is -3.39. The summed E-state index contributed by atoms with van der Waals surface area (Å²) in [5.41, 5.74) is 5.19. The Morgan fingerprint density at radius 1 is 0.906 bits per heavy atom. The molecule has 1 N–H and O–H groups in total. The summed E-state index contributed by atoms with van der Waals surface area (Å²) >= 11 is 0. The van der Waals surface area contributed by atoms with E-state index >= 15 is 0 Å². The van der Waals surface area contributed by atoms with E-state index in [1.54, 1.807) is 12.1 Å². The normalized spacial score (nSPS) is 14.8. The van der Waals surface area contributed by atoms with Crippen molar-refractivity contribution in [1.82, 2.24) is 15.0 Å². The zero-order chi connectivity index (χ0) is 22.3. The molecule has 0 amide bonds. The molecule has 0 saturated carbocycles. The van der Waals surface area contributed by atoms with Gasteiger partial charge in [-0.3, -0.25) is 0 Å². The molecule has 1 saturated heterocycles. The second kappa shape index (κ2) is 7.94. The van der Waals surface area contributed by atoms with Crippen LogP contribution >= 0.6 is 0 Å². The number of sulfone groups is 1. The third kappa shape index (κ3) is 4.05. The van der Waals surface area contributed by atoms with Crippen LogP contribution in [0.5, 0.6) is 0 Å². The number of aromatic nitrogens is 3. The molecule has 7 nitrogen and oxygen atoms in total. The van der Waals surface area contributed by atoms with E-state index in [0.29, 0.717) is 4.90 Å². The van der Waals surface area contributed by atoms with Crippen molar-refractivity contribution >= 4 is 32.4 Å². The molecule has 0 radical (unpaired) electrons. The lowest BCUT2D eigenvalue weighted by atomic mass is 10.2. The summed E-state index contributed by atoms with van der Waals surface area (Å²) in [6.45, 7) is 5.48. The van der Waals surface area contributed by atoms with Gasteiger partial charge in [-0.05, 0) is 61.0 Å². The van der Waals surface area contributed by atoms with Gasteiger partial charge in [0, 0.05) is 49.9 Å². The average Bonchev–Trinajstić information content (AvgIpc) is 3.22. The molecule has 0 aliphatic carbocycles. The maximum atomic E-state index is 11.7. The molecule has 0 bridgehead atoms. The summed E-state index contributed by atoms with van der Waals surface area (Å²) in [5, 5.41) is 0. The number of fused-ring (bicyclic) bond motifs is 1. The fourth-order valence-corrected chi connectivity index (χ4v) is 4.70. The topological polar surface area (TPSA) is 82.2 Å². The maximum absolute atomic E-state index is 11.7. The highest BCUT2D eigenvalue weighted by atomic mass is 32.2. The number of benzene rings is 2. The van der Waals surface area contributed by atoms with Crippen molar-refractivity contribution in [2.75, 3.05) is 42.2 Å². The molecule has 164 valence electrons. The van der Waals surface area contributed by atoms with Gasteiger partial charge in [-0.25, -0.2) is 18.4 Å². The van der Waals surface area contributed by atoms with Crippen molar-refractivity contribution in [3.63, 3.8) is 0 Å². The Morgan fingerprint density at radius 2 is 1.62 bits per heavy atom. The van der Waals surface area contributed by atoms with Gasteiger partial charge in [0.15, 0.2) is 9.84 Å². The molecular weight excluding hydrogens is 422 g/mol. The lowest BCUT2D eigenvalue weighted by Gasteiger charge is -2.36. The molecule has 32 heavy (non-hydrogen) atoms. The molecule has 0 atom stereocenters. The molecule has 5 rings (SSSR count). The number of aryl methyl sites for hydroxylation is 1. The van der Waals surface area contributed by atoms with Gasteiger partial charge in [-0.15, -0.1) is 0 Å². The second-order valence-corrected chi connectivity index (χ2v) is 10.3. The summed E-state index contributed by atoms with van der Waals surface area (Å²) in [4.78, 5) is 17.6. The van der Waals surface area contributed by atoms with E-state index in [-0.39, 0.29) is 0 Å². The third-order valence-corrected chi connectivity index (χ3v) is 7.02. The molecule has 1 aliphatic heterocycles. The lowest BCUT2D eigenvalue weighted by molar-refractivity contribution is 0.602. The number of pyridine rings is 1. The van der Waals surface area contributed by atoms with Crippen molar-refractivity contribution in [2.45, 2.75) is 11.8 Å². The highest BCUT2D eigenvalue weighted by molar-refractivity contribution is 7.90. The molecule has 0 spiro atoms. The largest absolute Gasteiger partial charge is 0.368 e. The lowest BCUT2D eigenvalue weighted by Crippen LogP contribution is -2.46. The fourth-order valence-electron chi connectivity index (χ4n) is 4.07. The quantitative estimate of drug-likeness (QED) is 0.514. The highest BCUT2D eigenvalue weighted by Gasteiger charge is 2.19. The predicted molar refractivity (Wildman–Crippen MR) is 128 cm³/mol. The van der Waals surface area contributed by atoms with Gasteiger partial charge in [0.1, 0.15) is 11.6 Å². The zero-order valence-electron chi connectivity index (χ0n) is 18.1. The number of anilines is 2. The number of imidazole rings is 1. The van der Waals surface area contributed by atoms with E-state index in [1.807, 2.05) is 30.5 Å². The smallest absolute Gasteiger partial charge is 0.175 e. The number of H-pyrrole nitrogens is 1. The van der Waals surface area contributed by atoms with Crippen LogP contribution in [-0.4, -0.2) is 55.8 Å². The molecule has 4 aromatic rings. The molecule has 0 unspecified atom stereocenters. The summed E-state index contributed by atoms with van der Waals surface area (Å²) in [5.74, 6) is 1.78. The van der Waals surface area contributed by atoms with Gasteiger partial charge in [0.25, 0.3) is 0 Å². The van der Waals surface area contributed by atoms with Crippen molar-refractivity contribution < 1.29 is 8.42 Å². The van der Waals surface area contributed by atoms with E-state index in [2.05, 4.69) is 49.9 Å². The van der Waals surface area contributed by atoms with Gasteiger partial charge >= 0.3 is 0 Å². The number of nitrogens with one attached hydrogen (secondary N) is 1. The van der Waals surface area contributed by atoms with Crippen LogP contribution in [-0.2, 0) is 9.84 Å². The van der Waals surface area contributed by atoms with Crippen molar-refractivity contribution in [1.29, 1.82) is 0 Å². The SMILES string of the molecule is Cc1ccc2nc(-c3ccc(N4CCN(c5ccc(S(C)(=O)=O)cc5)CC4)nc3)[nH]c2c1. The van der Waals surface area contributed by atoms with Crippen LogP contribution in [0.25, 0.3) is 22.4 Å². The summed E-state index contributed by atoms with van der Waals surface area (Å²) in [7, 11) is -3.17. The van der Waals surface area contributed by atoms with Gasteiger partial charge in [0.05, 0.1) is 15.9 Å².